The van der Waals surface area contributed by atoms with Crippen LogP contribution < -0.4 is 26.8 Å². The predicted molar refractivity (Wildman–Crippen MR) is 166 cm³/mol. The number of benzene rings is 1. The van der Waals surface area contributed by atoms with Crippen LogP contribution in [0.1, 0.15) is 73.3 Å². The minimum atomic E-state index is 0.0138. The monoisotopic (exact) mass is 521 g/mol. The molecule has 38 heavy (non-hydrogen) atoms. The third-order valence-electron chi connectivity index (χ3n) is 6.11. The smallest absolute Gasteiger partial charge is 0.258 e. The lowest BCUT2D eigenvalue weighted by atomic mass is 9.99. The molecule has 0 amide bonds. The topological polar surface area (TPSA) is 55.3 Å². The predicted octanol–water partition coefficient (Wildman–Crippen LogP) is 6.45. The first-order valence-corrected chi connectivity index (χ1v) is 14.0. The Balaban J connectivity index is 0.00000135. The molecule has 0 spiro atoms. The summed E-state index contributed by atoms with van der Waals surface area (Å²) in [5.41, 5.74) is 3.69. The van der Waals surface area contributed by atoms with Crippen molar-refractivity contribution in [1.82, 2.24) is 9.88 Å². The number of allylic oxidation sites excluding steroid dienone is 2. The fourth-order valence-electron chi connectivity index (χ4n) is 4.14. The van der Waals surface area contributed by atoms with Gasteiger partial charge in [0.15, 0.2) is 0 Å². The SMILES string of the molecule is C/C=c1/cc(-c2cc(N/C(=C/CC)NC(OC)C3CC3)ccc2C)c(=O)n(C)/c1=C/C(C)C.C=CC.CC. The molecule has 0 radical (unpaired) electrons. The molecule has 1 fully saturated rings. The average Bonchev–Trinajstić information content (AvgIpc) is 3.74. The van der Waals surface area contributed by atoms with E-state index in [1.54, 1.807) is 17.8 Å². The van der Waals surface area contributed by atoms with Crippen LogP contribution >= 0.6 is 0 Å². The van der Waals surface area contributed by atoms with Crippen molar-refractivity contribution in [3.8, 4) is 11.1 Å². The Hall–Kier alpha value is -3.05. The highest BCUT2D eigenvalue weighted by Crippen LogP contribution is 2.33. The van der Waals surface area contributed by atoms with Crippen LogP contribution in [0.25, 0.3) is 23.3 Å². The van der Waals surface area contributed by atoms with Crippen molar-refractivity contribution in [2.45, 2.75) is 80.9 Å². The van der Waals surface area contributed by atoms with Crippen LogP contribution in [0, 0.1) is 18.8 Å². The van der Waals surface area contributed by atoms with Crippen LogP contribution in [0.5, 0.6) is 0 Å². The molecular weight excluding hydrogens is 470 g/mol. The maximum Gasteiger partial charge on any atom is 0.258 e. The number of nitrogens with zero attached hydrogens (tertiary/aromatic N) is 1. The van der Waals surface area contributed by atoms with Gasteiger partial charge in [-0.1, -0.05) is 58.9 Å². The zero-order valence-corrected chi connectivity index (χ0v) is 25.4. The van der Waals surface area contributed by atoms with E-state index in [0.717, 1.165) is 45.2 Å². The minimum absolute atomic E-state index is 0.0138. The fraction of sp³-hybridized carbons (Fsp3) is 0.485. The highest BCUT2D eigenvalue weighted by molar-refractivity contribution is 5.71. The lowest BCUT2D eigenvalue weighted by molar-refractivity contribution is 0.0649. The lowest BCUT2D eigenvalue weighted by Crippen LogP contribution is -2.42. The standard InChI is InChI=1S/C28H39N3O2.C3H6.C2H6/c1-8-10-26(30-27(33-7)21-12-13-21)29-22-14-11-19(5)23(17-22)24-16-20(9-2)25(15-18(3)4)31(6)28(24)32;1-3-2;1-2/h9-11,14-18,21,27,29-30H,8,12-13H2,1-7H3;3H,1H2,2H3;1-2H3/b20-9-,25-15+,26-10-;;. The summed E-state index contributed by atoms with van der Waals surface area (Å²) in [7, 11) is 3.61. The van der Waals surface area contributed by atoms with Crippen LogP contribution in [0.3, 0.4) is 0 Å². The zero-order chi connectivity index (χ0) is 28.8. The van der Waals surface area contributed by atoms with Crippen molar-refractivity contribution in [3.05, 3.63) is 75.3 Å². The van der Waals surface area contributed by atoms with Gasteiger partial charge in [-0.25, -0.2) is 0 Å². The van der Waals surface area contributed by atoms with Gasteiger partial charge in [0.25, 0.3) is 5.56 Å². The van der Waals surface area contributed by atoms with Crippen molar-refractivity contribution >= 4 is 17.8 Å². The quantitative estimate of drug-likeness (QED) is 0.294. The molecule has 0 aliphatic heterocycles. The number of rotatable bonds is 9. The molecule has 5 nitrogen and oxygen atoms in total. The molecule has 1 unspecified atom stereocenters. The highest BCUT2D eigenvalue weighted by atomic mass is 16.5. The Morgan fingerprint density at radius 2 is 1.82 bits per heavy atom. The summed E-state index contributed by atoms with van der Waals surface area (Å²) >= 11 is 0. The first-order valence-electron chi connectivity index (χ1n) is 14.0. The maximum atomic E-state index is 13.4. The van der Waals surface area contributed by atoms with Crippen molar-refractivity contribution in [2.75, 3.05) is 12.4 Å². The Morgan fingerprint density at radius 3 is 2.32 bits per heavy atom. The molecule has 3 rings (SSSR count). The number of aromatic nitrogens is 1. The number of aryl methyl sites for hydroxylation is 1. The van der Waals surface area contributed by atoms with Gasteiger partial charge in [-0.15, -0.1) is 6.58 Å². The molecule has 5 heteroatoms. The Morgan fingerprint density at radius 1 is 1.18 bits per heavy atom. The highest BCUT2D eigenvalue weighted by Gasteiger charge is 2.31. The molecule has 210 valence electrons. The van der Waals surface area contributed by atoms with Crippen molar-refractivity contribution in [2.24, 2.45) is 18.9 Å². The third kappa shape index (κ3) is 9.36. The number of nitrogens with one attached hydrogen (secondary N) is 2. The summed E-state index contributed by atoms with van der Waals surface area (Å²) in [6, 6.07) is 8.22. The fourth-order valence-corrected chi connectivity index (χ4v) is 4.14. The van der Waals surface area contributed by atoms with Gasteiger partial charge >= 0.3 is 0 Å². The molecule has 1 saturated carbocycles. The largest absolute Gasteiger partial charge is 0.361 e. The van der Waals surface area contributed by atoms with E-state index in [4.69, 9.17) is 4.74 Å². The second-order valence-electron chi connectivity index (χ2n) is 9.69. The van der Waals surface area contributed by atoms with E-state index >= 15 is 0 Å². The molecular formula is C33H51N3O2. The summed E-state index contributed by atoms with van der Waals surface area (Å²) in [4.78, 5) is 13.4. The zero-order valence-electron chi connectivity index (χ0n) is 25.4. The van der Waals surface area contributed by atoms with E-state index in [0.29, 0.717) is 11.8 Å². The molecule has 1 aromatic carbocycles. The minimum Gasteiger partial charge on any atom is -0.361 e. The molecule has 1 atom stereocenters. The summed E-state index contributed by atoms with van der Waals surface area (Å²) in [6.45, 7) is 19.7. The van der Waals surface area contributed by atoms with E-state index < -0.39 is 0 Å². The summed E-state index contributed by atoms with van der Waals surface area (Å²) in [6.07, 6.45) is 11.4. The second-order valence-corrected chi connectivity index (χ2v) is 9.69. The van der Waals surface area contributed by atoms with Gasteiger partial charge in [0.2, 0.25) is 0 Å². The molecule has 0 bridgehead atoms. The van der Waals surface area contributed by atoms with Crippen molar-refractivity contribution in [1.29, 1.82) is 0 Å². The first-order chi connectivity index (χ1) is 18.2. The van der Waals surface area contributed by atoms with Gasteiger partial charge in [0, 0.05) is 36.7 Å². The summed E-state index contributed by atoms with van der Waals surface area (Å²) in [5, 5.41) is 9.06. The third-order valence-corrected chi connectivity index (χ3v) is 6.11. The van der Waals surface area contributed by atoms with Gasteiger partial charge in [0.1, 0.15) is 12.0 Å². The molecule has 2 aromatic rings. The lowest BCUT2D eigenvalue weighted by Gasteiger charge is -2.22. The molecule has 1 aromatic heterocycles. The summed E-state index contributed by atoms with van der Waals surface area (Å²) < 4.78 is 7.42. The molecule has 1 aliphatic rings. The Kier molecular flexibility index (Phi) is 14.5. The van der Waals surface area contributed by atoms with E-state index in [1.165, 1.54) is 12.8 Å². The normalized spacial score (nSPS) is 14.8. The van der Waals surface area contributed by atoms with Crippen LogP contribution in [0.2, 0.25) is 0 Å². The number of hydrogen-bond acceptors (Lipinski definition) is 4. The van der Waals surface area contributed by atoms with Gasteiger partial charge < -0.3 is 19.9 Å². The second kappa shape index (κ2) is 16.7. The molecule has 1 heterocycles. The van der Waals surface area contributed by atoms with Gasteiger partial charge in [-0.3, -0.25) is 4.79 Å². The number of pyridine rings is 1. The van der Waals surface area contributed by atoms with Crippen LogP contribution in [-0.4, -0.2) is 17.9 Å². The molecule has 2 N–H and O–H groups in total. The van der Waals surface area contributed by atoms with Gasteiger partial charge in [-0.2, -0.15) is 0 Å². The number of methoxy groups -OCH3 is 1. The average molecular weight is 522 g/mol. The van der Waals surface area contributed by atoms with Gasteiger partial charge in [0.05, 0.1) is 0 Å². The Labute approximate surface area is 231 Å². The number of ether oxygens (including phenoxy) is 1. The van der Waals surface area contributed by atoms with Crippen LogP contribution in [0.4, 0.5) is 5.69 Å². The maximum absolute atomic E-state index is 13.4. The van der Waals surface area contributed by atoms with Crippen LogP contribution in [-0.2, 0) is 11.8 Å². The van der Waals surface area contributed by atoms with Crippen molar-refractivity contribution in [3.63, 3.8) is 0 Å². The van der Waals surface area contributed by atoms with E-state index in [2.05, 4.69) is 81.3 Å². The van der Waals surface area contributed by atoms with E-state index in [1.807, 2.05) is 40.8 Å². The number of anilines is 1. The Bertz CT molecular complexity index is 1230. The van der Waals surface area contributed by atoms with E-state index in [9.17, 15) is 4.79 Å². The van der Waals surface area contributed by atoms with Crippen molar-refractivity contribution < 1.29 is 4.74 Å². The molecule has 0 saturated heterocycles. The van der Waals surface area contributed by atoms with E-state index in [-0.39, 0.29) is 11.8 Å². The summed E-state index contributed by atoms with van der Waals surface area (Å²) in [5.74, 6) is 1.86. The first kappa shape index (κ1) is 33.0. The number of hydrogen-bond donors (Lipinski definition) is 2. The molecule has 1 aliphatic carbocycles. The van der Waals surface area contributed by atoms with Crippen LogP contribution in [0.15, 0.2) is 53.6 Å². The van der Waals surface area contributed by atoms with Gasteiger partial charge in [-0.05, 0) is 86.6 Å².